The molecule has 0 aliphatic carbocycles. The zero-order valence-corrected chi connectivity index (χ0v) is 16.0. The summed E-state index contributed by atoms with van der Waals surface area (Å²) >= 11 is 5.36. The van der Waals surface area contributed by atoms with Crippen LogP contribution in [0.4, 0.5) is 5.69 Å². The molecule has 4 nitrogen and oxygen atoms in total. The Morgan fingerprint density at radius 1 is 1.21 bits per heavy atom. The third kappa shape index (κ3) is 6.65. The molecule has 0 aromatic heterocycles. The van der Waals surface area contributed by atoms with Crippen LogP contribution in [0.1, 0.15) is 33.6 Å². The summed E-state index contributed by atoms with van der Waals surface area (Å²) in [5, 5.41) is 7.19. The first kappa shape index (κ1) is 19.0. The van der Waals surface area contributed by atoms with Crippen molar-refractivity contribution in [2.45, 2.75) is 33.6 Å². The average Bonchev–Trinajstić information content (AvgIpc) is 2.53. The van der Waals surface area contributed by atoms with E-state index >= 15 is 0 Å². The molecule has 2 N–H and O–H groups in total. The fourth-order valence-electron chi connectivity index (χ4n) is 3.46. The summed E-state index contributed by atoms with van der Waals surface area (Å²) in [7, 11) is 0. The first-order chi connectivity index (χ1) is 11.6. The van der Waals surface area contributed by atoms with Crippen molar-refractivity contribution < 1.29 is 4.74 Å². The van der Waals surface area contributed by atoms with Gasteiger partial charge in [0.25, 0.3) is 0 Å². The molecule has 2 rings (SSSR count). The second-order valence-electron chi connectivity index (χ2n) is 6.90. The lowest BCUT2D eigenvalue weighted by Crippen LogP contribution is -2.40. The highest BCUT2D eigenvalue weighted by Crippen LogP contribution is 2.20. The number of hydrogen-bond donors (Lipinski definition) is 2. The fourth-order valence-corrected chi connectivity index (χ4v) is 3.68. The van der Waals surface area contributed by atoms with Gasteiger partial charge in [0.15, 0.2) is 5.11 Å². The monoisotopic (exact) mass is 349 g/mol. The standard InChI is InChI=1S/C19H31N3OS/c1-4-23-18-8-6-17(7-9-18)21-19(24)20-10-5-11-22-13-15(2)12-16(3)14-22/h6-9,15-16H,4-5,10-14H2,1-3H3,(H2,20,21,24). The van der Waals surface area contributed by atoms with E-state index in [2.05, 4.69) is 29.4 Å². The van der Waals surface area contributed by atoms with Crippen molar-refractivity contribution in [2.24, 2.45) is 11.8 Å². The number of ether oxygens (including phenoxy) is 1. The molecule has 1 aliphatic rings. The van der Waals surface area contributed by atoms with Gasteiger partial charge in [-0.2, -0.15) is 0 Å². The van der Waals surface area contributed by atoms with Gasteiger partial charge in [0.05, 0.1) is 6.61 Å². The van der Waals surface area contributed by atoms with E-state index in [4.69, 9.17) is 17.0 Å². The van der Waals surface area contributed by atoms with Crippen LogP contribution in [0.2, 0.25) is 0 Å². The molecular weight excluding hydrogens is 318 g/mol. The minimum atomic E-state index is 0.680. The van der Waals surface area contributed by atoms with Crippen LogP contribution in [0.15, 0.2) is 24.3 Å². The second kappa shape index (κ2) is 9.84. The number of likely N-dealkylation sites (tertiary alicyclic amines) is 1. The van der Waals surface area contributed by atoms with Gasteiger partial charge in [0.2, 0.25) is 0 Å². The Morgan fingerprint density at radius 2 is 1.88 bits per heavy atom. The maximum absolute atomic E-state index is 5.44. The quantitative estimate of drug-likeness (QED) is 0.579. The van der Waals surface area contributed by atoms with Crippen LogP contribution in [0.3, 0.4) is 0 Å². The van der Waals surface area contributed by atoms with Gasteiger partial charge in [0.1, 0.15) is 5.75 Å². The summed E-state index contributed by atoms with van der Waals surface area (Å²) in [6.07, 6.45) is 2.48. The van der Waals surface area contributed by atoms with Crippen LogP contribution < -0.4 is 15.4 Å². The van der Waals surface area contributed by atoms with Crippen molar-refractivity contribution in [3.05, 3.63) is 24.3 Å². The van der Waals surface area contributed by atoms with Crippen molar-refractivity contribution in [1.82, 2.24) is 10.2 Å². The molecule has 5 heteroatoms. The minimum absolute atomic E-state index is 0.680. The molecule has 0 bridgehead atoms. The molecule has 0 spiro atoms. The third-order valence-electron chi connectivity index (χ3n) is 4.30. The number of piperidine rings is 1. The highest BCUT2D eigenvalue weighted by atomic mass is 32.1. The maximum atomic E-state index is 5.44. The molecule has 1 saturated heterocycles. The molecular formula is C19H31N3OS. The van der Waals surface area contributed by atoms with E-state index in [0.29, 0.717) is 11.7 Å². The molecule has 24 heavy (non-hydrogen) atoms. The number of thiocarbonyl (C=S) groups is 1. The van der Waals surface area contributed by atoms with Gasteiger partial charge in [-0.25, -0.2) is 0 Å². The second-order valence-corrected chi connectivity index (χ2v) is 7.31. The summed E-state index contributed by atoms with van der Waals surface area (Å²) in [5.74, 6) is 2.53. The summed E-state index contributed by atoms with van der Waals surface area (Å²) in [5.41, 5.74) is 0.981. The predicted octanol–water partition coefficient (Wildman–Crippen LogP) is 3.74. The Morgan fingerprint density at radius 3 is 2.50 bits per heavy atom. The molecule has 2 unspecified atom stereocenters. The van der Waals surface area contributed by atoms with E-state index in [1.165, 1.54) is 19.5 Å². The Balaban J connectivity index is 1.62. The molecule has 1 fully saturated rings. The lowest BCUT2D eigenvalue weighted by Gasteiger charge is -2.34. The molecule has 0 amide bonds. The number of benzene rings is 1. The van der Waals surface area contributed by atoms with E-state index in [1.54, 1.807) is 0 Å². The van der Waals surface area contributed by atoms with Crippen molar-refractivity contribution in [1.29, 1.82) is 0 Å². The smallest absolute Gasteiger partial charge is 0.170 e. The molecule has 134 valence electrons. The van der Waals surface area contributed by atoms with Crippen LogP contribution in [0, 0.1) is 11.8 Å². The summed E-state index contributed by atoms with van der Waals surface area (Å²) in [4.78, 5) is 2.59. The summed E-state index contributed by atoms with van der Waals surface area (Å²) in [6, 6.07) is 7.87. The van der Waals surface area contributed by atoms with Gasteiger partial charge in [-0.15, -0.1) is 0 Å². The normalized spacial score (nSPS) is 21.3. The molecule has 0 radical (unpaired) electrons. The summed E-state index contributed by atoms with van der Waals surface area (Å²) in [6.45, 7) is 11.9. The molecule has 1 aromatic rings. The molecule has 1 aromatic carbocycles. The lowest BCUT2D eigenvalue weighted by atomic mass is 9.92. The zero-order chi connectivity index (χ0) is 17.4. The third-order valence-corrected chi connectivity index (χ3v) is 4.55. The van der Waals surface area contributed by atoms with Crippen LogP contribution >= 0.6 is 12.2 Å². The van der Waals surface area contributed by atoms with E-state index in [9.17, 15) is 0 Å². The van der Waals surface area contributed by atoms with Crippen LogP contribution in [-0.4, -0.2) is 42.8 Å². The minimum Gasteiger partial charge on any atom is -0.494 e. The number of hydrogen-bond acceptors (Lipinski definition) is 3. The van der Waals surface area contributed by atoms with Crippen LogP contribution in [0.25, 0.3) is 0 Å². The first-order valence-electron chi connectivity index (χ1n) is 9.07. The van der Waals surface area contributed by atoms with Gasteiger partial charge < -0.3 is 20.3 Å². The lowest BCUT2D eigenvalue weighted by molar-refractivity contribution is 0.140. The predicted molar refractivity (Wildman–Crippen MR) is 106 cm³/mol. The summed E-state index contributed by atoms with van der Waals surface area (Å²) < 4.78 is 5.44. The Hall–Kier alpha value is -1.33. The van der Waals surface area contributed by atoms with Crippen molar-refractivity contribution in [3.8, 4) is 5.75 Å². The molecule has 0 saturated carbocycles. The Bertz CT molecular complexity index is 496. The van der Waals surface area contributed by atoms with Gasteiger partial charge >= 0.3 is 0 Å². The van der Waals surface area contributed by atoms with E-state index < -0.39 is 0 Å². The van der Waals surface area contributed by atoms with Gasteiger partial charge in [-0.05, 0) is 74.6 Å². The van der Waals surface area contributed by atoms with Crippen molar-refractivity contribution in [2.75, 3.05) is 38.1 Å². The molecule has 1 aliphatic heterocycles. The van der Waals surface area contributed by atoms with Gasteiger partial charge in [0, 0.05) is 25.3 Å². The van der Waals surface area contributed by atoms with E-state index in [-0.39, 0.29) is 0 Å². The number of nitrogens with one attached hydrogen (secondary N) is 2. The van der Waals surface area contributed by atoms with E-state index in [0.717, 1.165) is 42.8 Å². The number of anilines is 1. The van der Waals surface area contributed by atoms with E-state index in [1.807, 2.05) is 31.2 Å². The highest BCUT2D eigenvalue weighted by molar-refractivity contribution is 7.80. The number of nitrogens with zero attached hydrogens (tertiary/aromatic N) is 1. The van der Waals surface area contributed by atoms with Crippen LogP contribution in [0.5, 0.6) is 5.75 Å². The van der Waals surface area contributed by atoms with Gasteiger partial charge in [-0.3, -0.25) is 0 Å². The van der Waals surface area contributed by atoms with Crippen molar-refractivity contribution >= 4 is 23.0 Å². The molecule has 1 heterocycles. The first-order valence-corrected chi connectivity index (χ1v) is 9.47. The molecule has 2 atom stereocenters. The van der Waals surface area contributed by atoms with Crippen LogP contribution in [-0.2, 0) is 0 Å². The SMILES string of the molecule is CCOc1ccc(NC(=S)NCCCN2CC(C)CC(C)C2)cc1. The fraction of sp³-hybridized carbons (Fsp3) is 0.632. The average molecular weight is 350 g/mol. The number of rotatable bonds is 7. The Labute approximate surface area is 152 Å². The Kier molecular flexibility index (Phi) is 7.79. The zero-order valence-electron chi connectivity index (χ0n) is 15.2. The van der Waals surface area contributed by atoms with Crippen molar-refractivity contribution in [3.63, 3.8) is 0 Å². The highest BCUT2D eigenvalue weighted by Gasteiger charge is 2.20. The van der Waals surface area contributed by atoms with Gasteiger partial charge in [-0.1, -0.05) is 13.8 Å². The maximum Gasteiger partial charge on any atom is 0.170 e. The topological polar surface area (TPSA) is 36.5 Å². The largest absolute Gasteiger partial charge is 0.494 e.